The number of thioether (sulfide) groups is 1. The molecule has 1 saturated carbocycles. The molecule has 1 aliphatic carbocycles. The lowest BCUT2D eigenvalue weighted by molar-refractivity contribution is -0.132. The van der Waals surface area contributed by atoms with Crippen molar-refractivity contribution < 1.29 is 9.59 Å². The summed E-state index contributed by atoms with van der Waals surface area (Å²) in [4.78, 5) is 24.4. The highest BCUT2D eigenvalue weighted by molar-refractivity contribution is 8.00. The molecule has 0 aromatic heterocycles. The highest BCUT2D eigenvalue weighted by Crippen LogP contribution is 2.31. The highest BCUT2D eigenvalue weighted by Gasteiger charge is 2.29. The van der Waals surface area contributed by atoms with Crippen molar-refractivity contribution in [3.63, 3.8) is 0 Å². The van der Waals surface area contributed by atoms with Crippen LogP contribution in [0.1, 0.15) is 12.8 Å². The molecular formula is C10H17N3O2S. The zero-order chi connectivity index (χ0) is 11.5. The van der Waals surface area contributed by atoms with Gasteiger partial charge in [0.1, 0.15) is 6.54 Å². The molecule has 2 amide bonds. The molecule has 1 heterocycles. The van der Waals surface area contributed by atoms with E-state index < -0.39 is 0 Å². The van der Waals surface area contributed by atoms with Gasteiger partial charge in [0.15, 0.2) is 0 Å². The van der Waals surface area contributed by atoms with Crippen molar-refractivity contribution in [3.05, 3.63) is 0 Å². The van der Waals surface area contributed by atoms with Gasteiger partial charge in [0.05, 0.1) is 11.6 Å². The number of nitrogens with one attached hydrogen (secondary N) is 1. The zero-order valence-electron chi connectivity index (χ0n) is 9.15. The second-order valence-electron chi connectivity index (χ2n) is 4.37. The van der Waals surface area contributed by atoms with Crippen LogP contribution in [-0.4, -0.2) is 47.5 Å². The molecule has 1 saturated heterocycles. The second-order valence-corrected chi connectivity index (χ2v) is 5.33. The third-order valence-electron chi connectivity index (χ3n) is 2.92. The van der Waals surface area contributed by atoms with Crippen LogP contribution in [0.5, 0.6) is 0 Å². The van der Waals surface area contributed by atoms with Gasteiger partial charge in [-0.1, -0.05) is 0 Å². The molecule has 16 heavy (non-hydrogen) atoms. The fraction of sp³-hybridized carbons (Fsp3) is 0.800. The Morgan fingerprint density at radius 1 is 1.62 bits per heavy atom. The van der Waals surface area contributed by atoms with Gasteiger partial charge in [0, 0.05) is 12.6 Å². The summed E-state index contributed by atoms with van der Waals surface area (Å²) in [5, 5.41) is 2.78. The van der Waals surface area contributed by atoms with Gasteiger partial charge in [-0.25, -0.2) is 0 Å². The van der Waals surface area contributed by atoms with Gasteiger partial charge in [0.25, 0.3) is 0 Å². The van der Waals surface area contributed by atoms with Crippen LogP contribution >= 0.6 is 11.8 Å². The second kappa shape index (κ2) is 5.05. The van der Waals surface area contributed by atoms with Crippen molar-refractivity contribution in [2.75, 3.05) is 24.7 Å². The Bertz CT molecular complexity index is 294. The van der Waals surface area contributed by atoms with E-state index in [-0.39, 0.29) is 24.4 Å². The molecule has 0 radical (unpaired) electrons. The molecule has 1 unspecified atom stereocenters. The van der Waals surface area contributed by atoms with Gasteiger partial charge in [-0.3, -0.25) is 9.59 Å². The minimum absolute atomic E-state index is 0.0478. The molecule has 0 spiro atoms. The fourth-order valence-corrected chi connectivity index (χ4v) is 2.60. The normalized spacial score (nSPS) is 22.3. The van der Waals surface area contributed by atoms with Crippen LogP contribution in [0.4, 0.5) is 0 Å². The van der Waals surface area contributed by atoms with Gasteiger partial charge >= 0.3 is 0 Å². The minimum atomic E-state index is -0.105. The van der Waals surface area contributed by atoms with Crippen LogP contribution in [-0.2, 0) is 9.59 Å². The van der Waals surface area contributed by atoms with Crippen molar-refractivity contribution in [2.24, 2.45) is 11.7 Å². The topological polar surface area (TPSA) is 75.4 Å². The van der Waals surface area contributed by atoms with Crippen LogP contribution in [0.15, 0.2) is 0 Å². The van der Waals surface area contributed by atoms with Crippen LogP contribution in [0.25, 0.3) is 0 Å². The minimum Gasteiger partial charge on any atom is -0.353 e. The van der Waals surface area contributed by atoms with E-state index in [2.05, 4.69) is 5.32 Å². The first-order chi connectivity index (χ1) is 7.66. The van der Waals surface area contributed by atoms with Gasteiger partial charge in [-0.05, 0) is 18.8 Å². The molecule has 6 heteroatoms. The van der Waals surface area contributed by atoms with E-state index in [1.165, 1.54) is 12.8 Å². The molecule has 0 bridgehead atoms. The Labute approximate surface area is 99.1 Å². The number of hydrogen-bond acceptors (Lipinski definition) is 4. The first kappa shape index (κ1) is 11.7. The van der Waals surface area contributed by atoms with E-state index >= 15 is 0 Å². The quantitative estimate of drug-likeness (QED) is 0.674. The average Bonchev–Trinajstić information content (AvgIpc) is 3.02. The number of carbonyl (C=O) groups is 2. The smallest absolute Gasteiger partial charge is 0.239 e. The Morgan fingerprint density at radius 3 is 2.94 bits per heavy atom. The van der Waals surface area contributed by atoms with Gasteiger partial charge in [-0.15, -0.1) is 11.8 Å². The number of nitrogens with zero attached hydrogens (tertiary/aromatic N) is 1. The Kier molecular flexibility index (Phi) is 3.70. The third kappa shape index (κ3) is 3.12. The number of carbonyl (C=O) groups excluding carboxylic acids is 2. The summed E-state index contributed by atoms with van der Waals surface area (Å²) >= 11 is 1.54. The lowest BCUT2D eigenvalue weighted by Crippen LogP contribution is -2.43. The summed E-state index contributed by atoms with van der Waals surface area (Å²) in [6, 6.07) is 0.0765. The Balaban J connectivity index is 1.65. The van der Waals surface area contributed by atoms with E-state index in [0.717, 1.165) is 0 Å². The highest BCUT2D eigenvalue weighted by atomic mass is 32.2. The van der Waals surface area contributed by atoms with Crippen molar-refractivity contribution in [1.29, 1.82) is 0 Å². The van der Waals surface area contributed by atoms with Gasteiger partial charge in [-0.2, -0.15) is 0 Å². The summed E-state index contributed by atoms with van der Waals surface area (Å²) in [7, 11) is 0. The largest absolute Gasteiger partial charge is 0.353 e. The van der Waals surface area contributed by atoms with Crippen LogP contribution in [0, 0.1) is 5.92 Å². The molecule has 90 valence electrons. The summed E-state index contributed by atoms with van der Waals surface area (Å²) in [6.45, 7) is 0.696. The van der Waals surface area contributed by atoms with E-state index in [9.17, 15) is 9.59 Å². The van der Waals surface area contributed by atoms with E-state index in [4.69, 9.17) is 5.73 Å². The average molecular weight is 243 g/mol. The van der Waals surface area contributed by atoms with Crippen molar-refractivity contribution in [1.82, 2.24) is 10.2 Å². The van der Waals surface area contributed by atoms with Gasteiger partial charge in [0.2, 0.25) is 11.8 Å². The van der Waals surface area contributed by atoms with Gasteiger partial charge < -0.3 is 16.0 Å². The zero-order valence-corrected chi connectivity index (χ0v) is 9.96. The van der Waals surface area contributed by atoms with Crippen LogP contribution in [0.2, 0.25) is 0 Å². The summed E-state index contributed by atoms with van der Waals surface area (Å²) in [5.74, 6) is 1.65. The summed E-state index contributed by atoms with van der Waals surface area (Å²) in [6.07, 6.45) is 2.36. The number of hydrogen-bond donors (Lipinski definition) is 2. The maximum Gasteiger partial charge on any atom is 0.239 e. The lowest BCUT2D eigenvalue weighted by atomic mass is 10.2. The number of nitrogens with two attached hydrogens (primary N) is 1. The first-order valence-corrected chi connectivity index (χ1v) is 6.70. The molecule has 0 aromatic carbocycles. The van der Waals surface area contributed by atoms with Crippen molar-refractivity contribution in [3.8, 4) is 0 Å². The third-order valence-corrected chi connectivity index (χ3v) is 3.87. The Hall–Kier alpha value is -0.750. The summed E-state index contributed by atoms with van der Waals surface area (Å²) in [5.41, 5.74) is 5.86. The fourth-order valence-electron chi connectivity index (χ4n) is 1.69. The van der Waals surface area contributed by atoms with E-state index in [0.29, 0.717) is 24.1 Å². The molecule has 2 fully saturated rings. The van der Waals surface area contributed by atoms with Crippen LogP contribution in [0.3, 0.4) is 0 Å². The summed E-state index contributed by atoms with van der Waals surface area (Å²) < 4.78 is 0. The van der Waals surface area contributed by atoms with E-state index in [1.807, 2.05) is 0 Å². The van der Waals surface area contributed by atoms with Crippen molar-refractivity contribution >= 4 is 23.6 Å². The molecule has 0 aromatic rings. The van der Waals surface area contributed by atoms with E-state index in [1.54, 1.807) is 16.7 Å². The molecule has 2 rings (SSSR count). The molecule has 5 nitrogen and oxygen atoms in total. The standard InChI is InChI=1S/C10H17N3O2S/c11-8(7-1-2-7)3-12-9(14)4-13-6-16-5-10(13)15/h7-8H,1-6,11H2,(H,12,14). The first-order valence-electron chi connectivity index (χ1n) is 5.54. The molecule has 2 aliphatic rings. The maximum atomic E-state index is 11.5. The molecule has 1 atom stereocenters. The number of rotatable bonds is 5. The molecular weight excluding hydrogens is 226 g/mol. The molecule has 1 aliphatic heterocycles. The molecule has 3 N–H and O–H groups in total. The monoisotopic (exact) mass is 243 g/mol. The SMILES string of the molecule is NC(CNC(=O)CN1CSCC1=O)C1CC1. The predicted molar refractivity (Wildman–Crippen MR) is 62.7 cm³/mol. The predicted octanol–water partition coefficient (Wildman–Crippen LogP) is -0.627. The van der Waals surface area contributed by atoms with Crippen LogP contribution < -0.4 is 11.1 Å². The lowest BCUT2D eigenvalue weighted by Gasteiger charge is -2.16. The maximum absolute atomic E-state index is 11.5. The number of amides is 2. The Morgan fingerprint density at radius 2 is 2.38 bits per heavy atom. The van der Waals surface area contributed by atoms with Crippen molar-refractivity contribution in [2.45, 2.75) is 18.9 Å².